The number of rotatable bonds is 4. The molecular weight excluding hydrogens is 364 g/mol. The summed E-state index contributed by atoms with van der Waals surface area (Å²) in [6.45, 7) is 0. The maximum absolute atomic E-state index is 11.8. The highest BCUT2D eigenvalue weighted by molar-refractivity contribution is 9.10. The number of carboxylic acids is 1. The van der Waals surface area contributed by atoms with Gasteiger partial charge in [-0.05, 0) is 29.8 Å². The van der Waals surface area contributed by atoms with Crippen molar-refractivity contribution in [3.05, 3.63) is 74.9 Å². The topological polar surface area (TPSA) is 85.4 Å². The van der Waals surface area contributed by atoms with E-state index in [2.05, 4.69) is 15.9 Å². The van der Waals surface area contributed by atoms with Gasteiger partial charge in [0.15, 0.2) is 6.04 Å². The molecule has 1 unspecified atom stereocenters. The Bertz CT molecular complexity index is 919. The lowest BCUT2D eigenvalue weighted by Gasteiger charge is -2.16. The lowest BCUT2D eigenvalue weighted by atomic mass is 10.1. The summed E-state index contributed by atoms with van der Waals surface area (Å²) in [6, 6.07) is 12.2. The molecule has 116 valence electrons. The molecule has 0 radical (unpaired) electrons. The number of non-ortho nitro benzene ring substituents is 1. The Morgan fingerprint density at radius 3 is 2.61 bits per heavy atom. The van der Waals surface area contributed by atoms with E-state index in [9.17, 15) is 20.0 Å². The van der Waals surface area contributed by atoms with Crippen LogP contribution in [-0.4, -0.2) is 20.6 Å². The summed E-state index contributed by atoms with van der Waals surface area (Å²) >= 11 is 3.33. The summed E-state index contributed by atoms with van der Waals surface area (Å²) in [5.41, 5.74) is 1.04. The summed E-state index contributed by atoms with van der Waals surface area (Å²) in [4.78, 5) is 22.4. The van der Waals surface area contributed by atoms with Gasteiger partial charge in [-0.25, -0.2) is 4.79 Å². The Labute approximate surface area is 139 Å². The molecule has 2 aromatic carbocycles. The number of nitrogens with zero attached hydrogens (tertiary/aromatic N) is 2. The molecule has 0 aliphatic rings. The second kappa shape index (κ2) is 5.85. The molecular formula is C16H11BrN2O4. The molecule has 0 fully saturated rings. The molecule has 0 aliphatic heterocycles. The lowest BCUT2D eigenvalue weighted by Crippen LogP contribution is -2.19. The Morgan fingerprint density at radius 1 is 1.22 bits per heavy atom. The number of hydrogen-bond donors (Lipinski definition) is 1. The summed E-state index contributed by atoms with van der Waals surface area (Å²) in [5.74, 6) is -1.04. The maximum atomic E-state index is 11.8. The molecule has 1 atom stereocenters. The van der Waals surface area contributed by atoms with Crippen LogP contribution in [0.1, 0.15) is 11.6 Å². The fourth-order valence-corrected chi connectivity index (χ4v) is 3.07. The zero-order valence-corrected chi connectivity index (χ0v) is 13.3. The van der Waals surface area contributed by atoms with E-state index in [1.807, 2.05) is 0 Å². The highest BCUT2D eigenvalue weighted by Crippen LogP contribution is 2.31. The van der Waals surface area contributed by atoms with Crippen molar-refractivity contribution in [2.45, 2.75) is 6.04 Å². The van der Waals surface area contributed by atoms with Crippen LogP contribution in [-0.2, 0) is 4.79 Å². The predicted molar refractivity (Wildman–Crippen MR) is 88.5 cm³/mol. The highest BCUT2D eigenvalue weighted by Gasteiger charge is 2.25. The van der Waals surface area contributed by atoms with E-state index in [4.69, 9.17) is 0 Å². The molecule has 23 heavy (non-hydrogen) atoms. The average Bonchev–Trinajstić information content (AvgIpc) is 2.91. The number of nitro benzene ring substituents is 1. The van der Waals surface area contributed by atoms with Crippen molar-refractivity contribution >= 4 is 38.5 Å². The lowest BCUT2D eigenvalue weighted by molar-refractivity contribution is -0.383. The summed E-state index contributed by atoms with van der Waals surface area (Å²) in [5, 5.41) is 21.2. The molecule has 7 heteroatoms. The third kappa shape index (κ3) is 2.70. The molecule has 0 aliphatic carbocycles. The second-order valence-corrected chi connectivity index (χ2v) is 5.90. The van der Waals surface area contributed by atoms with Crippen molar-refractivity contribution in [3.63, 3.8) is 0 Å². The van der Waals surface area contributed by atoms with Gasteiger partial charge in [0.05, 0.1) is 15.8 Å². The van der Waals surface area contributed by atoms with Crippen molar-refractivity contribution in [2.24, 2.45) is 0 Å². The molecule has 6 nitrogen and oxygen atoms in total. The number of halogens is 1. The predicted octanol–water partition coefficient (Wildman–Crippen LogP) is 3.99. The number of carbonyl (C=O) groups is 1. The molecule has 0 saturated carbocycles. The maximum Gasteiger partial charge on any atom is 0.331 e. The third-order valence-electron chi connectivity index (χ3n) is 3.61. The van der Waals surface area contributed by atoms with E-state index in [-0.39, 0.29) is 5.69 Å². The van der Waals surface area contributed by atoms with Gasteiger partial charge in [-0.15, -0.1) is 0 Å². The van der Waals surface area contributed by atoms with Crippen molar-refractivity contribution in [3.8, 4) is 0 Å². The second-order valence-electron chi connectivity index (χ2n) is 4.99. The van der Waals surface area contributed by atoms with Crippen LogP contribution >= 0.6 is 15.9 Å². The average molecular weight is 375 g/mol. The first-order valence-corrected chi connectivity index (χ1v) is 7.50. The molecule has 1 aromatic heterocycles. The standard InChI is InChI=1S/C16H11BrN2O4/c17-11-4-1-3-10(9-11)15(16(20)21)18-8-7-12-13(18)5-2-6-14(12)19(22)23/h1-9,15H,(H,20,21). The van der Waals surface area contributed by atoms with E-state index >= 15 is 0 Å². The molecule has 1 N–H and O–H groups in total. The van der Waals surface area contributed by atoms with Crippen molar-refractivity contribution in [1.29, 1.82) is 0 Å². The Balaban J connectivity index is 2.22. The quantitative estimate of drug-likeness (QED) is 0.552. The van der Waals surface area contributed by atoms with Gasteiger partial charge in [0.25, 0.3) is 5.69 Å². The number of aromatic nitrogens is 1. The number of benzene rings is 2. The number of hydrogen-bond acceptors (Lipinski definition) is 3. The first-order chi connectivity index (χ1) is 11.0. The molecule has 0 saturated heterocycles. The number of aliphatic carboxylic acids is 1. The minimum atomic E-state index is -1.04. The van der Waals surface area contributed by atoms with E-state index in [1.165, 1.54) is 10.6 Å². The van der Waals surface area contributed by atoms with Crippen LogP contribution in [0, 0.1) is 10.1 Å². The molecule has 0 spiro atoms. The van der Waals surface area contributed by atoms with Crippen LogP contribution in [0.4, 0.5) is 5.69 Å². The van der Waals surface area contributed by atoms with E-state index in [1.54, 1.807) is 48.7 Å². The zero-order valence-electron chi connectivity index (χ0n) is 11.7. The summed E-state index contributed by atoms with van der Waals surface area (Å²) in [7, 11) is 0. The van der Waals surface area contributed by atoms with E-state index in [0.717, 1.165) is 4.47 Å². The van der Waals surface area contributed by atoms with E-state index < -0.39 is 16.9 Å². The largest absolute Gasteiger partial charge is 0.479 e. The summed E-state index contributed by atoms with van der Waals surface area (Å²) in [6.07, 6.45) is 1.57. The first kappa shape index (κ1) is 15.2. The van der Waals surface area contributed by atoms with Gasteiger partial charge in [-0.2, -0.15) is 0 Å². The van der Waals surface area contributed by atoms with Gasteiger partial charge in [-0.3, -0.25) is 10.1 Å². The van der Waals surface area contributed by atoms with Crippen molar-refractivity contribution in [1.82, 2.24) is 4.57 Å². The Kier molecular flexibility index (Phi) is 3.87. The van der Waals surface area contributed by atoms with Crippen LogP contribution in [0.25, 0.3) is 10.9 Å². The molecule has 1 heterocycles. The SMILES string of the molecule is O=C(O)C(c1cccc(Br)c1)n1ccc2c([N+](=O)[O-])cccc21. The van der Waals surface area contributed by atoms with Crippen LogP contribution in [0.2, 0.25) is 0 Å². The minimum Gasteiger partial charge on any atom is -0.479 e. The Hall–Kier alpha value is -2.67. The van der Waals surface area contributed by atoms with Crippen LogP contribution < -0.4 is 0 Å². The number of nitro groups is 1. The summed E-state index contributed by atoms with van der Waals surface area (Å²) < 4.78 is 2.30. The third-order valence-corrected chi connectivity index (χ3v) is 4.11. The van der Waals surface area contributed by atoms with Crippen LogP contribution in [0.3, 0.4) is 0 Å². The molecule has 3 rings (SSSR count). The van der Waals surface area contributed by atoms with Gasteiger partial charge >= 0.3 is 5.97 Å². The highest BCUT2D eigenvalue weighted by atomic mass is 79.9. The van der Waals surface area contributed by atoms with Gasteiger partial charge in [0.1, 0.15) is 0 Å². The number of carboxylic acid groups (broad SMARTS) is 1. The molecule has 3 aromatic rings. The van der Waals surface area contributed by atoms with Gasteiger partial charge in [0, 0.05) is 16.7 Å². The van der Waals surface area contributed by atoms with Gasteiger partial charge < -0.3 is 9.67 Å². The fraction of sp³-hybridized carbons (Fsp3) is 0.0625. The fourth-order valence-electron chi connectivity index (χ4n) is 2.66. The normalized spacial score (nSPS) is 12.2. The van der Waals surface area contributed by atoms with E-state index in [0.29, 0.717) is 16.5 Å². The van der Waals surface area contributed by atoms with Crippen molar-refractivity contribution < 1.29 is 14.8 Å². The Morgan fingerprint density at radius 2 is 1.96 bits per heavy atom. The minimum absolute atomic E-state index is 0.0420. The van der Waals surface area contributed by atoms with Crippen LogP contribution in [0.5, 0.6) is 0 Å². The zero-order chi connectivity index (χ0) is 16.6. The van der Waals surface area contributed by atoms with Gasteiger partial charge in [-0.1, -0.05) is 34.1 Å². The smallest absolute Gasteiger partial charge is 0.331 e. The number of fused-ring (bicyclic) bond motifs is 1. The molecule has 0 bridgehead atoms. The van der Waals surface area contributed by atoms with Crippen LogP contribution in [0.15, 0.2) is 59.2 Å². The monoisotopic (exact) mass is 374 g/mol. The van der Waals surface area contributed by atoms with Gasteiger partial charge in [0.2, 0.25) is 0 Å². The molecule has 0 amide bonds. The van der Waals surface area contributed by atoms with Crippen molar-refractivity contribution in [2.75, 3.05) is 0 Å². The first-order valence-electron chi connectivity index (χ1n) is 6.71.